The Morgan fingerprint density at radius 3 is 2.76 bits per heavy atom. The first kappa shape index (κ1) is 16.3. The molecule has 4 aromatic rings. The molecule has 0 atom stereocenters. The van der Waals surface area contributed by atoms with Crippen LogP contribution in [0.4, 0.5) is 0 Å². The molecule has 0 unspecified atom stereocenters. The normalized spacial score (nSPS) is 11.4. The summed E-state index contributed by atoms with van der Waals surface area (Å²) in [5.74, 6) is 0.335. The van der Waals surface area contributed by atoms with Gasteiger partial charge in [0.15, 0.2) is 0 Å². The molecule has 126 valence electrons. The van der Waals surface area contributed by atoms with Crippen LogP contribution in [0.15, 0.2) is 59.3 Å². The summed E-state index contributed by atoms with van der Waals surface area (Å²) in [4.78, 5) is 6.93. The summed E-state index contributed by atoms with van der Waals surface area (Å²) in [6, 6.07) is 16.1. The SMILES string of the molecule is CN(Cc1ccsc1)Cc1cc(-c2nc3ccccc3s2)ccc1O. The van der Waals surface area contributed by atoms with E-state index in [-0.39, 0.29) is 0 Å². The molecular weight excluding hydrogens is 348 g/mol. The van der Waals surface area contributed by atoms with E-state index in [0.717, 1.165) is 28.2 Å². The molecule has 0 spiro atoms. The number of aromatic nitrogens is 1. The van der Waals surface area contributed by atoms with Gasteiger partial charge in [0.1, 0.15) is 10.8 Å². The van der Waals surface area contributed by atoms with Crippen LogP contribution >= 0.6 is 22.7 Å². The van der Waals surface area contributed by atoms with E-state index in [2.05, 4.69) is 40.9 Å². The molecule has 0 bridgehead atoms. The van der Waals surface area contributed by atoms with Gasteiger partial charge in [0.05, 0.1) is 10.2 Å². The maximum absolute atomic E-state index is 10.3. The molecule has 0 saturated heterocycles. The van der Waals surface area contributed by atoms with E-state index < -0.39 is 0 Å². The highest BCUT2D eigenvalue weighted by atomic mass is 32.1. The second-order valence-electron chi connectivity index (χ2n) is 6.13. The van der Waals surface area contributed by atoms with Crippen LogP contribution in [0.5, 0.6) is 5.75 Å². The Morgan fingerprint density at radius 2 is 1.96 bits per heavy atom. The number of thiazole rings is 1. The second-order valence-corrected chi connectivity index (χ2v) is 7.94. The lowest BCUT2D eigenvalue weighted by Crippen LogP contribution is -2.16. The number of rotatable bonds is 5. The Hall–Kier alpha value is -2.21. The van der Waals surface area contributed by atoms with Crippen molar-refractivity contribution in [2.45, 2.75) is 13.1 Å². The van der Waals surface area contributed by atoms with Crippen molar-refractivity contribution in [3.05, 3.63) is 70.4 Å². The minimum absolute atomic E-state index is 0.335. The maximum atomic E-state index is 10.3. The molecule has 0 aliphatic heterocycles. The molecule has 0 fully saturated rings. The Kier molecular flexibility index (Phi) is 4.53. The standard InChI is InChI=1S/C20H18N2OS2/c1-22(11-14-8-9-24-13-14)12-16-10-15(6-7-18(16)23)20-21-17-4-2-3-5-19(17)25-20/h2-10,13,23H,11-12H2,1H3. The van der Waals surface area contributed by atoms with Crippen LogP contribution in [0.25, 0.3) is 20.8 Å². The van der Waals surface area contributed by atoms with Crippen molar-refractivity contribution in [1.82, 2.24) is 9.88 Å². The van der Waals surface area contributed by atoms with Gasteiger partial charge >= 0.3 is 0 Å². The van der Waals surface area contributed by atoms with Crippen LogP contribution in [-0.4, -0.2) is 22.0 Å². The molecule has 4 rings (SSSR count). The third kappa shape index (κ3) is 3.58. The molecule has 5 heteroatoms. The average Bonchev–Trinajstić information content (AvgIpc) is 3.25. The van der Waals surface area contributed by atoms with Crippen LogP contribution in [0.2, 0.25) is 0 Å². The molecule has 2 aromatic carbocycles. The zero-order valence-corrected chi connectivity index (χ0v) is 15.5. The molecule has 0 saturated carbocycles. The minimum atomic E-state index is 0.335. The van der Waals surface area contributed by atoms with Crippen LogP contribution in [-0.2, 0) is 13.1 Å². The molecule has 2 aromatic heterocycles. The van der Waals surface area contributed by atoms with Crippen LogP contribution in [0.1, 0.15) is 11.1 Å². The van der Waals surface area contributed by atoms with Crippen LogP contribution in [0.3, 0.4) is 0 Å². The molecule has 2 heterocycles. The van der Waals surface area contributed by atoms with E-state index in [0.29, 0.717) is 12.3 Å². The van der Waals surface area contributed by atoms with Crippen molar-refractivity contribution < 1.29 is 5.11 Å². The van der Waals surface area contributed by atoms with E-state index in [1.54, 1.807) is 28.7 Å². The van der Waals surface area contributed by atoms with Gasteiger partial charge in [-0.15, -0.1) is 11.3 Å². The van der Waals surface area contributed by atoms with E-state index in [9.17, 15) is 5.11 Å². The van der Waals surface area contributed by atoms with Gasteiger partial charge in [-0.1, -0.05) is 12.1 Å². The number of aromatic hydroxyl groups is 1. The lowest BCUT2D eigenvalue weighted by Gasteiger charge is -2.17. The highest BCUT2D eigenvalue weighted by Gasteiger charge is 2.11. The van der Waals surface area contributed by atoms with Crippen molar-refractivity contribution >= 4 is 32.9 Å². The maximum Gasteiger partial charge on any atom is 0.124 e. The summed E-state index contributed by atoms with van der Waals surface area (Å²) >= 11 is 3.39. The van der Waals surface area contributed by atoms with Crippen molar-refractivity contribution in [3.63, 3.8) is 0 Å². The van der Waals surface area contributed by atoms with Gasteiger partial charge in [-0.2, -0.15) is 11.3 Å². The first-order valence-corrected chi connectivity index (χ1v) is 9.82. The first-order chi connectivity index (χ1) is 12.2. The number of benzene rings is 2. The summed E-state index contributed by atoms with van der Waals surface area (Å²) in [5, 5.41) is 15.5. The fourth-order valence-electron chi connectivity index (χ4n) is 2.88. The predicted octanol–water partition coefficient (Wildman–Crippen LogP) is 5.36. The third-order valence-corrected chi connectivity index (χ3v) is 5.91. The number of phenolic OH excluding ortho intramolecular Hbond substituents is 1. The highest BCUT2D eigenvalue weighted by molar-refractivity contribution is 7.21. The lowest BCUT2D eigenvalue weighted by molar-refractivity contribution is 0.313. The molecule has 25 heavy (non-hydrogen) atoms. The summed E-state index contributed by atoms with van der Waals surface area (Å²) in [6.45, 7) is 1.56. The monoisotopic (exact) mass is 366 g/mol. The summed E-state index contributed by atoms with van der Waals surface area (Å²) < 4.78 is 1.18. The van der Waals surface area contributed by atoms with Crippen molar-refractivity contribution in [1.29, 1.82) is 0 Å². The Morgan fingerprint density at radius 1 is 1.08 bits per heavy atom. The molecular formula is C20H18N2OS2. The number of para-hydroxylation sites is 1. The molecule has 0 aliphatic rings. The fourth-order valence-corrected chi connectivity index (χ4v) is 4.50. The van der Waals surface area contributed by atoms with Gasteiger partial charge in [0.25, 0.3) is 0 Å². The summed E-state index contributed by atoms with van der Waals surface area (Å²) in [5.41, 5.74) is 4.30. The first-order valence-electron chi connectivity index (χ1n) is 8.06. The van der Waals surface area contributed by atoms with Crippen molar-refractivity contribution in [3.8, 4) is 16.3 Å². The quantitative estimate of drug-likeness (QED) is 0.516. The Bertz CT molecular complexity index is 959. The van der Waals surface area contributed by atoms with E-state index in [1.165, 1.54) is 10.3 Å². The van der Waals surface area contributed by atoms with E-state index in [1.807, 2.05) is 24.3 Å². The molecule has 0 aliphatic carbocycles. The van der Waals surface area contributed by atoms with Crippen molar-refractivity contribution in [2.75, 3.05) is 7.05 Å². The predicted molar refractivity (Wildman–Crippen MR) is 106 cm³/mol. The number of phenols is 1. The van der Waals surface area contributed by atoms with E-state index >= 15 is 0 Å². The summed E-state index contributed by atoms with van der Waals surface area (Å²) in [6.07, 6.45) is 0. The van der Waals surface area contributed by atoms with Gasteiger partial charge in [-0.3, -0.25) is 4.90 Å². The van der Waals surface area contributed by atoms with Gasteiger partial charge in [-0.25, -0.2) is 4.98 Å². The molecule has 0 amide bonds. The van der Waals surface area contributed by atoms with Gasteiger partial charge in [0, 0.05) is 24.2 Å². The van der Waals surface area contributed by atoms with Gasteiger partial charge in [0.2, 0.25) is 0 Å². The van der Waals surface area contributed by atoms with Crippen LogP contribution in [0, 0.1) is 0 Å². The largest absolute Gasteiger partial charge is 0.508 e. The molecule has 1 N–H and O–H groups in total. The number of hydrogen-bond donors (Lipinski definition) is 1. The average molecular weight is 367 g/mol. The van der Waals surface area contributed by atoms with Crippen molar-refractivity contribution in [2.24, 2.45) is 0 Å². The zero-order valence-electron chi connectivity index (χ0n) is 13.8. The molecule has 3 nitrogen and oxygen atoms in total. The Balaban J connectivity index is 1.59. The second kappa shape index (κ2) is 6.96. The smallest absolute Gasteiger partial charge is 0.124 e. The lowest BCUT2D eigenvalue weighted by atomic mass is 10.1. The fraction of sp³-hybridized carbons (Fsp3) is 0.150. The molecule has 0 radical (unpaired) electrons. The van der Waals surface area contributed by atoms with Gasteiger partial charge in [-0.05, 0) is 59.8 Å². The number of hydrogen-bond acceptors (Lipinski definition) is 5. The number of thiophene rings is 1. The number of nitrogens with zero attached hydrogens (tertiary/aromatic N) is 2. The van der Waals surface area contributed by atoms with E-state index in [4.69, 9.17) is 4.98 Å². The zero-order chi connectivity index (χ0) is 17.2. The minimum Gasteiger partial charge on any atom is -0.508 e. The number of fused-ring (bicyclic) bond motifs is 1. The highest BCUT2D eigenvalue weighted by Crippen LogP contribution is 2.32. The van der Waals surface area contributed by atoms with Gasteiger partial charge < -0.3 is 5.11 Å². The van der Waals surface area contributed by atoms with Crippen LogP contribution < -0.4 is 0 Å². The summed E-state index contributed by atoms with van der Waals surface area (Å²) in [7, 11) is 2.07. The third-order valence-electron chi connectivity index (χ3n) is 4.09. The topological polar surface area (TPSA) is 36.4 Å². The Labute approximate surface area is 154 Å².